The van der Waals surface area contributed by atoms with Crippen LogP contribution in [0.5, 0.6) is 5.75 Å². The third-order valence-electron chi connectivity index (χ3n) is 7.11. The Hall–Kier alpha value is -4.72. The molecule has 0 N–H and O–H groups in total. The monoisotopic (exact) mass is 518 g/mol. The molecule has 8 nitrogen and oxygen atoms in total. The topological polar surface area (TPSA) is 76.4 Å². The molecule has 8 heteroatoms. The molecule has 0 spiro atoms. The second kappa shape index (κ2) is 10.9. The Morgan fingerprint density at radius 3 is 2.21 bits per heavy atom. The van der Waals surface area contributed by atoms with Crippen LogP contribution in [-0.4, -0.2) is 63.8 Å². The van der Waals surface area contributed by atoms with E-state index in [-0.39, 0.29) is 5.91 Å². The highest BCUT2D eigenvalue weighted by atomic mass is 16.5. The zero-order valence-electron chi connectivity index (χ0n) is 21.9. The number of rotatable bonds is 7. The third-order valence-corrected chi connectivity index (χ3v) is 7.11. The highest BCUT2D eigenvalue weighted by molar-refractivity contribution is 5.88. The molecule has 1 saturated heterocycles. The van der Waals surface area contributed by atoms with Crippen LogP contribution in [0.1, 0.15) is 17.0 Å². The first-order valence-corrected chi connectivity index (χ1v) is 13.2. The zero-order valence-corrected chi connectivity index (χ0v) is 21.9. The lowest BCUT2D eigenvalue weighted by Crippen LogP contribution is -2.49. The molecule has 1 fully saturated rings. The van der Waals surface area contributed by atoms with E-state index in [1.54, 1.807) is 7.11 Å². The summed E-state index contributed by atoms with van der Waals surface area (Å²) >= 11 is 0. The van der Waals surface area contributed by atoms with Crippen LogP contribution in [0, 0.1) is 0 Å². The van der Waals surface area contributed by atoms with Crippen molar-refractivity contribution in [2.75, 3.05) is 38.2 Å². The van der Waals surface area contributed by atoms with E-state index in [4.69, 9.17) is 14.7 Å². The molecule has 6 rings (SSSR count). The molecule has 0 atom stereocenters. The van der Waals surface area contributed by atoms with Crippen molar-refractivity contribution in [3.05, 3.63) is 108 Å². The summed E-state index contributed by atoms with van der Waals surface area (Å²) in [6.45, 7) is 2.67. The van der Waals surface area contributed by atoms with E-state index in [1.807, 2.05) is 88.6 Å². The minimum absolute atomic E-state index is 0.134. The maximum Gasteiger partial charge on any atom is 0.227 e. The predicted octanol–water partition coefficient (Wildman–Crippen LogP) is 4.31. The van der Waals surface area contributed by atoms with Crippen molar-refractivity contribution in [3.8, 4) is 11.4 Å². The lowest BCUT2D eigenvalue weighted by Gasteiger charge is -2.35. The molecule has 0 unspecified atom stereocenters. The molecule has 3 heterocycles. The van der Waals surface area contributed by atoms with Gasteiger partial charge in [0.25, 0.3) is 0 Å². The van der Waals surface area contributed by atoms with Gasteiger partial charge >= 0.3 is 0 Å². The number of carbonyl (C=O) groups is 1. The van der Waals surface area contributed by atoms with Crippen molar-refractivity contribution in [1.29, 1.82) is 0 Å². The number of aromatic nitrogens is 4. The Labute approximate surface area is 227 Å². The minimum Gasteiger partial charge on any atom is -0.497 e. The van der Waals surface area contributed by atoms with Crippen LogP contribution in [0.15, 0.2) is 91.1 Å². The Balaban J connectivity index is 1.25. The van der Waals surface area contributed by atoms with Gasteiger partial charge in [0.15, 0.2) is 5.65 Å². The van der Waals surface area contributed by atoms with E-state index in [2.05, 4.69) is 22.1 Å². The lowest BCUT2D eigenvalue weighted by molar-refractivity contribution is -0.130. The number of anilines is 1. The summed E-state index contributed by atoms with van der Waals surface area (Å²) in [5.41, 5.74) is 3.88. The smallest absolute Gasteiger partial charge is 0.227 e. The van der Waals surface area contributed by atoms with E-state index in [1.165, 1.54) is 0 Å². The first-order chi connectivity index (χ1) is 19.2. The maximum absolute atomic E-state index is 13.0. The summed E-state index contributed by atoms with van der Waals surface area (Å²) in [5, 5.41) is 5.60. The van der Waals surface area contributed by atoms with Crippen molar-refractivity contribution in [2.45, 2.75) is 12.8 Å². The average Bonchev–Trinajstić information content (AvgIpc) is 3.42. The van der Waals surface area contributed by atoms with Gasteiger partial charge in [0, 0.05) is 32.6 Å². The van der Waals surface area contributed by atoms with Gasteiger partial charge in [-0.15, -0.1) is 0 Å². The number of ether oxygens (including phenoxy) is 1. The number of hydrogen-bond donors (Lipinski definition) is 0. The Morgan fingerprint density at radius 1 is 0.821 bits per heavy atom. The minimum atomic E-state index is 0.134. The van der Waals surface area contributed by atoms with Gasteiger partial charge in [0.2, 0.25) is 5.91 Å². The van der Waals surface area contributed by atoms with Gasteiger partial charge in [0.1, 0.15) is 17.4 Å². The molecule has 39 heavy (non-hydrogen) atoms. The highest BCUT2D eigenvalue weighted by Crippen LogP contribution is 2.27. The summed E-state index contributed by atoms with van der Waals surface area (Å²) in [6.07, 6.45) is 2.86. The number of benzene rings is 3. The van der Waals surface area contributed by atoms with Crippen molar-refractivity contribution < 1.29 is 9.53 Å². The number of hydrogen-bond acceptors (Lipinski definition) is 6. The molecular formula is C31H30N6O2. The van der Waals surface area contributed by atoms with Gasteiger partial charge in [-0.1, -0.05) is 60.7 Å². The second-order valence-electron chi connectivity index (χ2n) is 9.65. The van der Waals surface area contributed by atoms with Gasteiger partial charge in [-0.2, -0.15) is 5.10 Å². The fourth-order valence-electron chi connectivity index (χ4n) is 4.99. The van der Waals surface area contributed by atoms with E-state index >= 15 is 0 Å². The SMILES string of the molecule is COc1ccc(CC(=O)N2CCN(c3nc(Cc4ccccc4)nc4c3cnn4-c3ccccc3)CC2)cc1. The summed E-state index contributed by atoms with van der Waals surface area (Å²) < 4.78 is 7.10. The van der Waals surface area contributed by atoms with E-state index in [0.717, 1.165) is 45.2 Å². The number of piperazine rings is 1. The highest BCUT2D eigenvalue weighted by Gasteiger charge is 2.25. The van der Waals surface area contributed by atoms with Crippen molar-refractivity contribution in [2.24, 2.45) is 0 Å². The molecule has 0 aliphatic carbocycles. The number of para-hydroxylation sites is 1. The van der Waals surface area contributed by atoms with Crippen LogP contribution < -0.4 is 9.64 Å². The Kier molecular flexibility index (Phi) is 6.91. The van der Waals surface area contributed by atoms with Crippen LogP contribution >= 0.6 is 0 Å². The molecule has 0 bridgehead atoms. The number of amides is 1. The summed E-state index contributed by atoms with van der Waals surface area (Å²) in [7, 11) is 1.64. The van der Waals surface area contributed by atoms with Crippen LogP contribution in [-0.2, 0) is 17.6 Å². The van der Waals surface area contributed by atoms with Crippen LogP contribution in [0.25, 0.3) is 16.7 Å². The molecule has 1 aliphatic heterocycles. The van der Waals surface area contributed by atoms with Gasteiger partial charge in [0.05, 0.1) is 30.8 Å². The molecule has 0 saturated carbocycles. The van der Waals surface area contributed by atoms with E-state index in [0.29, 0.717) is 39.0 Å². The van der Waals surface area contributed by atoms with Crippen molar-refractivity contribution in [3.63, 3.8) is 0 Å². The average molecular weight is 519 g/mol. The lowest BCUT2D eigenvalue weighted by atomic mass is 10.1. The van der Waals surface area contributed by atoms with Crippen LogP contribution in [0.2, 0.25) is 0 Å². The third kappa shape index (κ3) is 5.31. The first-order valence-electron chi connectivity index (χ1n) is 13.2. The van der Waals surface area contributed by atoms with Crippen LogP contribution in [0.4, 0.5) is 5.82 Å². The standard InChI is InChI=1S/C31H30N6O2/c1-39-26-14-12-24(13-15-26)21-29(38)35-16-18-36(19-17-35)30-27-22-32-37(25-10-6-3-7-11-25)31(27)34-28(33-30)20-23-8-4-2-5-9-23/h2-15,22H,16-21H2,1H3. The fraction of sp³-hybridized carbons (Fsp3) is 0.226. The van der Waals surface area contributed by atoms with Crippen molar-refractivity contribution in [1.82, 2.24) is 24.6 Å². The molecule has 1 amide bonds. The van der Waals surface area contributed by atoms with Crippen molar-refractivity contribution >= 4 is 22.8 Å². The Bertz CT molecular complexity index is 1560. The number of methoxy groups -OCH3 is 1. The van der Waals surface area contributed by atoms with Gasteiger partial charge in [-0.05, 0) is 35.4 Å². The quantitative estimate of drug-likeness (QED) is 0.320. The molecule has 0 radical (unpaired) electrons. The van der Waals surface area contributed by atoms with Gasteiger partial charge in [-0.25, -0.2) is 14.6 Å². The summed E-state index contributed by atoms with van der Waals surface area (Å²) in [4.78, 5) is 27.2. The molecule has 2 aromatic heterocycles. The number of fused-ring (bicyclic) bond motifs is 1. The molecular weight excluding hydrogens is 488 g/mol. The summed E-state index contributed by atoms with van der Waals surface area (Å²) in [6, 6.07) is 28.0. The van der Waals surface area contributed by atoms with Gasteiger partial charge < -0.3 is 14.5 Å². The first kappa shape index (κ1) is 24.6. The predicted molar refractivity (Wildman–Crippen MR) is 151 cm³/mol. The molecule has 1 aliphatic rings. The molecule has 196 valence electrons. The van der Waals surface area contributed by atoms with Crippen LogP contribution in [0.3, 0.4) is 0 Å². The number of nitrogens with zero attached hydrogens (tertiary/aromatic N) is 6. The number of carbonyl (C=O) groups excluding carboxylic acids is 1. The fourth-order valence-corrected chi connectivity index (χ4v) is 4.99. The van der Waals surface area contributed by atoms with E-state index in [9.17, 15) is 4.79 Å². The zero-order chi connectivity index (χ0) is 26.6. The Morgan fingerprint density at radius 2 is 1.51 bits per heavy atom. The normalized spacial score (nSPS) is 13.6. The molecule has 3 aromatic carbocycles. The van der Waals surface area contributed by atoms with Gasteiger partial charge in [-0.3, -0.25) is 4.79 Å². The largest absolute Gasteiger partial charge is 0.497 e. The summed E-state index contributed by atoms with van der Waals surface area (Å²) in [5.74, 6) is 2.54. The van der Waals surface area contributed by atoms with E-state index < -0.39 is 0 Å². The molecule has 5 aromatic rings. The second-order valence-corrected chi connectivity index (χ2v) is 9.65. The maximum atomic E-state index is 13.0.